The first-order chi connectivity index (χ1) is 8.75. The van der Waals surface area contributed by atoms with Crippen LogP contribution in [0.25, 0.3) is 0 Å². The van der Waals surface area contributed by atoms with E-state index in [1.54, 1.807) is 12.1 Å². The summed E-state index contributed by atoms with van der Waals surface area (Å²) in [7, 11) is 1.94. The molecule has 0 fully saturated rings. The zero-order valence-electron chi connectivity index (χ0n) is 10.2. The van der Waals surface area contributed by atoms with Crippen LogP contribution >= 0.6 is 0 Å². The SMILES string of the molecule is Cn1ncc2c1CCC[C@@H]2NC(=O)c1ccco1. The number of amides is 1. The standard InChI is InChI=1S/C13H15N3O2/c1-16-11-5-2-4-10(9(11)8-14-16)15-13(17)12-6-3-7-18-12/h3,6-8,10H,2,4-5H2,1H3,(H,15,17)/t10-/m0/s1. The number of hydrogen-bond acceptors (Lipinski definition) is 3. The fourth-order valence-corrected chi connectivity index (χ4v) is 2.49. The van der Waals surface area contributed by atoms with Gasteiger partial charge < -0.3 is 9.73 Å². The Bertz CT molecular complexity index is 557. The number of hydrogen-bond donors (Lipinski definition) is 1. The predicted molar refractivity (Wildman–Crippen MR) is 65.1 cm³/mol. The van der Waals surface area contributed by atoms with Crippen LogP contribution in [0.15, 0.2) is 29.0 Å². The van der Waals surface area contributed by atoms with Gasteiger partial charge in [-0.05, 0) is 31.4 Å². The van der Waals surface area contributed by atoms with Crippen LogP contribution in [0.3, 0.4) is 0 Å². The molecule has 5 heteroatoms. The number of aromatic nitrogens is 2. The number of fused-ring (bicyclic) bond motifs is 1. The lowest BCUT2D eigenvalue weighted by Gasteiger charge is -2.23. The zero-order chi connectivity index (χ0) is 12.5. The first kappa shape index (κ1) is 11.1. The minimum absolute atomic E-state index is 0.0417. The molecule has 0 saturated carbocycles. The maximum atomic E-state index is 12.0. The van der Waals surface area contributed by atoms with Crippen molar-refractivity contribution in [2.45, 2.75) is 25.3 Å². The van der Waals surface area contributed by atoms with Gasteiger partial charge in [-0.1, -0.05) is 0 Å². The maximum Gasteiger partial charge on any atom is 0.287 e. The quantitative estimate of drug-likeness (QED) is 0.878. The highest BCUT2D eigenvalue weighted by atomic mass is 16.3. The Morgan fingerprint density at radius 1 is 1.61 bits per heavy atom. The van der Waals surface area contributed by atoms with Crippen LogP contribution in [0.5, 0.6) is 0 Å². The molecule has 0 aliphatic heterocycles. The molecule has 1 amide bonds. The highest BCUT2D eigenvalue weighted by Gasteiger charge is 2.25. The Morgan fingerprint density at radius 3 is 3.28 bits per heavy atom. The summed E-state index contributed by atoms with van der Waals surface area (Å²) >= 11 is 0. The lowest BCUT2D eigenvalue weighted by atomic mass is 9.93. The molecule has 0 saturated heterocycles. The molecular weight excluding hydrogens is 230 g/mol. The fraction of sp³-hybridized carbons (Fsp3) is 0.385. The maximum absolute atomic E-state index is 12.0. The Hall–Kier alpha value is -2.04. The highest BCUT2D eigenvalue weighted by Crippen LogP contribution is 2.29. The van der Waals surface area contributed by atoms with Crippen LogP contribution < -0.4 is 5.32 Å². The van der Waals surface area contributed by atoms with Crippen LogP contribution in [0, 0.1) is 0 Å². The average Bonchev–Trinajstić information content (AvgIpc) is 3.00. The molecule has 0 radical (unpaired) electrons. The predicted octanol–water partition coefficient (Wildman–Crippen LogP) is 1.82. The number of rotatable bonds is 2. The fourth-order valence-electron chi connectivity index (χ4n) is 2.49. The van der Waals surface area contributed by atoms with E-state index in [2.05, 4.69) is 10.4 Å². The van der Waals surface area contributed by atoms with Crippen molar-refractivity contribution in [3.05, 3.63) is 41.6 Å². The minimum Gasteiger partial charge on any atom is -0.459 e. The molecule has 0 unspecified atom stereocenters. The number of aryl methyl sites for hydroxylation is 1. The number of carbonyl (C=O) groups excluding carboxylic acids is 1. The molecule has 2 heterocycles. The monoisotopic (exact) mass is 245 g/mol. The summed E-state index contributed by atoms with van der Waals surface area (Å²) in [5, 5.41) is 7.27. The highest BCUT2D eigenvalue weighted by molar-refractivity contribution is 5.91. The van der Waals surface area contributed by atoms with Crippen molar-refractivity contribution < 1.29 is 9.21 Å². The van der Waals surface area contributed by atoms with Gasteiger partial charge in [-0.2, -0.15) is 5.10 Å². The van der Waals surface area contributed by atoms with E-state index in [9.17, 15) is 4.79 Å². The normalized spacial score (nSPS) is 18.4. The molecule has 3 rings (SSSR count). The largest absolute Gasteiger partial charge is 0.459 e. The van der Waals surface area contributed by atoms with Crippen molar-refractivity contribution in [3.63, 3.8) is 0 Å². The van der Waals surface area contributed by atoms with Crippen LogP contribution in [-0.2, 0) is 13.5 Å². The van der Waals surface area contributed by atoms with Crippen LogP contribution in [-0.4, -0.2) is 15.7 Å². The van der Waals surface area contributed by atoms with E-state index in [1.807, 2.05) is 17.9 Å². The lowest BCUT2D eigenvalue weighted by molar-refractivity contribution is 0.0904. The molecule has 0 bridgehead atoms. The van der Waals surface area contributed by atoms with Gasteiger partial charge in [-0.15, -0.1) is 0 Å². The van der Waals surface area contributed by atoms with Crippen molar-refractivity contribution in [1.82, 2.24) is 15.1 Å². The van der Waals surface area contributed by atoms with E-state index in [0.29, 0.717) is 5.76 Å². The van der Waals surface area contributed by atoms with Gasteiger partial charge in [0.05, 0.1) is 18.5 Å². The van der Waals surface area contributed by atoms with Gasteiger partial charge in [0.2, 0.25) is 0 Å². The minimum atomic E-state index is -0.165. The third-order valence-corrected chi connectivity index (χ3v) is 3.43. The molecule has 18 heavy (non-hydrogen) atoms. The van der Waals surface area contributed by atoms with E-state index in [-0.39, 0.29) is 11.9 Å². The zero-order valence-corrected chi connectivity index (χ0v) is 10.2. The first-order valence-electron chi connectivity index (χ1n) is 6.11. The first-order valence-corrected chi connectivity index (χ1v) is 6.11. The topological polar surface area (TPSA) is 60.1 Å². The van der Waals surface area contributed by atoms with Gasteiger partial charge in [-0.25, -0.2) is 0 Å². The third kappa shape index (κ3) is 1.81. The van der Waals surface area contributed by atoms with Gasteiger partial charge in [0.15, 0.2) is 5.76 Å². The van der Waals surface area contributed by atoms with Gasteiger partial charge in [-0.3, -0.25) is 9.48 Å². The average molecular weight is 245 g/mol. The van der Waals surface area contributed by atoms with Gasteiger partial charge in [0.25, 0.3) is 5.91 Å². The van der Waals surface area contributed by atoms with Crippen molar-refractivity contribution in [2.24, 2.45) is 7.05 Å². The molecule has 2 aromatic rings. The molecular formula is C13H15N3O2. The Balaban J connectivity index is 1.80. The number of nitrogens with zero attached hydrogens (tertiary/aromatic N) is 2. The summed E-state index contributed by atoms with van der Waals surface area (Å²) in [5.74, 6) is 0.188. The van der Waals surface area contributed by atoms with Crippen molar-refractivity contribution in [3.8, 4) is 0 Å². The summed E-state index contributed by atoms with van der Waals surface area (Å²) in [5.41, 5.74) is 2.34. The molecule has 2 aromatic heterocycles. The number of furan rings is 1. The summed E-state index contributed by atoms with van der Waals surface area (Å²) < 4.78 is 6.99. The molecule has 1 aliphatic carbocycles. The van der Waals surface area contributed by atoms with Gasteiger partial charge in [0, 0.05) is 18.3 Å². The number of nitrogens with one attached hydrogen (secondary N) is 1. The van der Waals surface area contributed by atoms with Gasteiger partial charge in [0.1, 0.15) is 0 Å². The molecule has 0 aromatic carbocycles. The molecule has 1 aliphatic rings. The van der Waals surface area contributed by atoms with Crippen molar-refractivity contribution in [1.29, 1.82) is 0 Å². The second kappa shape index (κ2) is 4.33. The van der Waals surface area contributed by atoms with E-state index < -0.39 is 0 Å². The summed E-state index contributed by atoms with van der Waals surface area (Å²) in [6.07, 6.45) is 6.40. The summed E-state index contributed by atoms with van der Waals surface area (Å²) in [6.45, 7) is 0. The second-order valence-electron chi connectivity index (χ2n) is 4.57. The van der Waals surface area contributed by atoms with E-state index in [1.165, 1.54) is 12.0 Å². The Kier molecular flexibility index (Phi) is 2.66. The summed E-state index contributed by atoms with van der Waals surface area (Å²) in [6, 6.07) is 3.42. The summed E-state index contributed by atoms with van der Waals surface area (Å²) in [4.78, 5) is 12.0. The molecule has 94 valence electrons. The van der Waals surface area contributed by atoms with Gasteiger partial charge >= 0.3 is 0 Å². The molecule has 1 N–H and O–H groups in total. The van der Waals surface area contributed by atoms with E-state index in [0.717, 1.165) is 24.8 Å². The van der Waals surface area contributed by atoms with E-state index in [4.69, 9.17) is 4.42 Å². The lowest BCUT2D eigenvalue weighted by Crippen LogP contribution is -2.30. The van der Waals surface area contributed by atoms with Crippen molar-refractivity contribution >= 4 is 5.91 Å². The van der Waals surface area contributed by atoms with E-state index >= 15 is 0 Å². The Morgan fingerprint density at radius 2 is 2.50 bits per heavy atom. The molecule has 0 spiro atoms. The van der Waals surface area contributed by atoms with Crippen LogP contribution in [0.4, 0.5) is 0 Å². The van der Waals surface area contributed by atoms with Crippen LogP contribution in [0.2, 0.25) is 0 Å². The second-order valence-corrected chi connectivity index (χ2v) is 4.57. The number of carbonyl (C=O) groups is 1. The Labute approximate surface area is 105 Å². The van der Waals surface area contributed by atoms with Crippen LogP contribution in [0.1, 0.15) is 40.7 Å². The smallest absolute Gasteiger partial charge is 0.287 e. The van der Waals surface area contributed by atoms with Crippen molar-refractivity contribution in [2.75, 3.05) is 0 Å². The molecule has 5 nitrogen and oxygen atoms in total. The molecule has 1 atom stereocenters. The third-order valence-electron chi connectivity index (χ3n) is 3.43.